The molecular formula is C21H26N2O4. The SMILES string of the molecule is CC[C@@H](CCN=Cc1cccc(OC)c1O)N=Cc1cccc(OC)c1O. The second-order valence-electron chi connectivity index (χ2n) is 5.96. The van der Waals surface area contributed by atoms with Gasteiger partial charge in [-0.2, -0.15) is 0 Å². The molecule has 144 valence electrons. The van der Waals surface area contributed by atoms with Crippen molar-refractivity contribution in [2.45, 2.75) is 25.8 Å². The first kappa shape index (κ1) is 20.3. The molecule has 2 aromatic rings. The Kier molecular flexibility index (Phi) is 7.67. The predicted octanol–water partition coefficient (Wildman–Crippen LogP) is 3.82. The first-order valence-electron chi connectivity index (χ1n) is 8.85. The highest BCUT2D eigenvalue weighted by Gasteiger charge is 2.07. The molecule has 0 bridgehead atoms. The summed E-state index contributed by atoms with van der Waals surface area (Å²) in [6, 6.07) is 10.7. The Morgan fingerprint density at radius 2 is 1.48 bits per heavy atom. The molecule has 27 heavy (non-hydrogen) atoms. The fourth-order valence-electron chi connectivity index (χ4n) is 2.57. The third kappa shape index (κ3) is 5.48. The number of aliphatic imine (C=N–C) groups is 2. The minimum absolute atomic E-state index is 0.0855. The Balaban J connectivity index is 1.96. The van der Waals surface area contributed by atoms with E-state index in [1.54, 1.807) is 42.8 Å². The van der Waals surface area contributed by atoms with E-state index in [2.05, 4.69) is 16.9 Å². The summed E-state index contributed by atoms with van der Waals surface area (Å²) < 4.78 is 10.2. The number of hydrogen-bond acceptors (Lipinski definition) is 6. The van der Waals surface area contributed by atoms with Gasteiger partial charge in [0.05, 0.1) is 20.3 Å². The Hall–Kier alpha value is -3.02. The normalized spacial score (nSPS) is 12.6. The lowest BCUT2D eigenvalue weighted by atomic mass is 10.1. The molecule has 6 heteroatoms. The molecule has 0 saturated heterocycles. The van der Waals surface area contributed by atoms with E-state index in [9.17, 15) is 10.2 Å². The molecule has 2 N–H and O–H groups in total. The van der Waals surface area contributed by atoms with Crippen molar-refractivity contribution in [3.63, 3.8) is 0 Å². The number of phenolic OH excluding ortho intramolecular Hbond substituents is 2. The number of hydrogen-bond donors (Lipinski definition) is 2. The molecule has 2 aromatic carbocycles. The molecule has 0 aromatic heterocycles. The maximum absolute atomic E-state index is 10.1. The molecule has 0 aliphatic heterocycles. The Bertz CT molecular complexity index is 803. The van der Waals surface area contributed by atoms with Crippen LogP contribution in [0.5, 0.6) is 23.0 Å². The average Bonchev–Trinajstić information content (AvgIpc) is 2.69. The summed E-state index contributed by atoms with van der Waals surface area (Å²) in [7, 11) is 3.03. The summed E-state index contributed by atoms with van der Waals surface area (Å²) >= 11 is 0. The van der Waals surface area contributed by atoms with Crippen LogP contribution in [0.15, 0.2) is 46.4 Å². The number of methoxy groups -OCH3 is 2. The van der Waals surface area contributed by atoms with E-state index in [4.69, 9.17) is 9.47 Å². The third-order valence-corrected chi connectivity index (χ3v) is 4.22. The number of ether oxygens (including phenoxy) is 2. The van der Waals surface area contributed by atoms with Crippen LogP contribution in [-0.2, 0) is 0 Å². The number of aromatic hydroxyl groups is 2. The van der Waals surface area contributed by atoms with Gasteiger partial charge in [0.15, 0.2) is 23.0 Å². The lowest BCUT2D eigenvalue weighted by Crippen LogP contribution is -2.05. The van der Waals surface area contributed by atoms with Crippen LogP contribution in [0, 0.1) is 0 Å². The van der Waals surface area contributed by atoms with Crippen LogP contribution in [0.3, 0.4) is 0 Å². The van der Waals surface area contributed by atoms with Crippen molar-refractivity contribution in [1.82, 2.24) is 0 Å². The minimum atomic E-state index is 0.0855. The van der Waals surface area contributed by atoms with E-state index in [-0.39, 0.29) is 17.5 Å². The molecule has 0 spiro atoms. The quantitative estimate of drug-likeness (QED) is 0.657. The largest absolute Gasteiger partial charge is 0.504 e. The van der Waals surface area contributed by atoms with Gasteiger partial charge >= 0.3 is 0 Å². The fraction of sp³-hybridized carbons (Fsp3) is 0.333. The second kappa shape index (κ2) is 10.2. The van der Waals surface area contributed by atoms with Crippen molar-refractivity contribution in [1.29, 1.82) is 0 Å². The van der Waals surface area contributed by atoms with Gasteiger partial charge in [0.25, 0.3) is 0 Å². The first-order chi connectivity index (χ1) is 13.1. The van der Waals surface area contributed by atoms with E-state index >= 15 is 0 Å². The maximum atomic E-state index is 10.1. The summed E-state index contributed by atoms with van der Waals surface area (Å²) in [5.41, 5.74) is 1.24. The third-order valence-electron chi connectivity index (χ3n) is 4.22. The highest BCUT2D eigenvalue weighted by molar-refractivity contribution is 5.85. The van der Waals surface area contributed by atoms with Crippen LogP contribution >= 0.6 is 0 Å². The van der Waals surface area contributed by atoms with Gasteiger partial charge in [0.1, 0.15) is 0 Å². The van der Waals surface area contributed by atoms with Gasteiger partial charge in [-0.25, -0.2) is 0 Å². The lowest BCUT2D eigenvalue weighted by Gasteiger charge is -2.09. The smallest absolute Gasteiger partial charge is 0.166 e. The molecule has 0 amide bonds. The highest BCUT2D eigenvalue weighted by atomic mass is 16.5. The number of rotatable bonds is 9. The van der Waals surface area contributed by atoms with E-state index < -0.39 is 0 Å². The molecule has 0 heterocycles. The molecule has 0 saturated carbocycles. The molecular weight excluding hydrogens is 344 g/mol. The molecule has 0 radical (unpaired) electrons. The minimum Gasteiger partial charge on any atom is -0.504 e. The van der Waals surface area contributed by atoms with Crippen molar-refractivity contribution in [3.8, 4) is 23.0 Å². The lowest BCUT2D eigenvalue weighted by molar-refractivity contribution is 0.373. The van der Waals surface area contributed by atoms with Gasteiger partial charge in [-0.1, -0.05) is 19.1 Å². The predicted molar refractivity (Wildman–Crippen MR) is 108 cm³/mol. The van der Waals surface area contributed by atoms with Crippen molar-refractivity contribution >= 4 is 12.4 Å². The van der Waals surface area contributed by atoms with E-state index in [1.165, 1.54) is 14.2 Å². The number of nitrogens with zero attached hydrogens (tertiary/aromatic N) is 2. The van der Waals surface area contributed by atoms with Gasteiger partial charge in [-0.3, -0.25) is 9.98 Å². The van der Waals surface area contributed by atoms with E-state index in [0.717, 1.165) is 12.8 Å². The van der Waals surface area contributed by atoms with Gasteiger partial charge in [-0.05, 0) is 37.1 Å². The van der Waals surface area contributed by atoms with Crippen molar-refractivity contribution < 1.29 is 19.7 Å². The Labute approximate surface area is 159 Å². The van der Waals surface area contributed by atoms with E-state index in [0.29, 0.717) is 29.2 Å². The summed E-state index contributed by atoms with van der Waals surface area (Å²) in [5, 5.41) is 20.2. The second-order valence-corrected chi connectivity index (χ2v) is 5.96. The van der Waals surface area contributed by atoms with Crippen molar-refractivity contribution in [2.24, 2.45) is 9.98 Å². The van der Waals surface area contributed by atoms with E-state index in [1.807, 2.05) is 6.07 Å². The van der Waals surface area contributed by atoms with Crippen molar-refractivity contribution in [2.75, 3.05) is 20.8 Å². The summed E-state index contributed by atoms with van der Waals surface area (Å²) in [6.45, 7) is 2.64. The van der Waals surface area contributed by atoms with Gasteiger partial charge in [0, 0.05) is 30.1 Å². The fourth-order valence-corrected chi connectivity index (χ4v) is 2.57. The van der Waals surface area contributed by atoms with Crippen molar-refractivity contribution in [3.05, 3.63) is 47.5 Å². The van der Waals surface area contributed by atoms with Crippen LogP contribution in [0.2, 0.25) is 0 Å². The molecule has 0 fully saturated rings. The van der Waals surface area contributed by atoms with Crippen LogP contribution in [0.25, 0.3) is 0 Å². The summed E-state index contributed by atoms with van der Waals surface area (Å²) in [4.78, 5) is 8.94. The summed E-state index contributed by atoms with van der Waals surface area (Å²) in [5.74, 6) is 1.02. The number of benzene rings is 2. The zero-order valence-electron chi connectivity index (χ0n) is 15.9. The number of para-hydroxylation sites is 2. The van der Waals surface area contributed by atoms with Gasteiger partial charge in [-0.15, -0.1) is 0 Å². The molecule has 2 rings (SSSR count). The van der Waals surface area contributed by atoms with Crippen LogP contribution in [-0.4, -0.2) is 49.4 Å². The summed E-state index contributed by atoms with van der Waals surface area (Å²) in [6.07, 6.45) is 4.94. The molecule has 1 atom stereocenters. The Morgan fingerprint density at radius 3 is 2.00 bits per heavy atom. The van der Waals surface area contributed by atoms with Crippen LogP contribution in [0.4, 0.5) is 0 Å². The zero-order valence-corrected chi connectivity index (χ0v) is 15.9. The van der Waals surface area contributed by atoms with Crippen LogP contribution in [0.1, 0.15) is 30.9 Å². The van der Waals surface area contributed by atoms with Crippen LogP contribution < -0.4 is 9.47 Å². The molecule has 0 aliphatic rings. The zero-order chi connectivity index (χ0) is 19.6. The van der Waals surface area contributed by atoms with Gasteiger partial charge in [0.2, 0.25) is 0 Å². The molecule has 6 nitrogen and oxygen atoms in total. The average molecular weight is 370 g/mol. The monoisotopic (exact) mass is 370 g/mol. The maximum Gasteiger partial charge on any atom is 0.166 e. The topological polar surface area (TPSA) is 83.6 Å². The number of phenols is 2. The Morgan fingerprint density at radius 1 is 0.926 bits per heavy atom. The van der Waals surface area contributed by atoms with Gasteiger partial charge < -0.3 is 19.7 Å². The molecule has 0 unspecified atom stereocenters. The molecule has 0 aliphatic carbocycles. The first-order valence-corrected chi connectivity index (χ1v) is 8.85. The highest BCUT2D eigenvalue weighted by Crippen LogP contribution is 2.29. The standard InChI is InChI=1S/C21H26N2O4/c1-4-17(23-14-16-8-6-10-19(27-3)21(16)25)11-12-22-13-15-7-5-9-18(26-2)20(15)24/h5-10,13-14,17,24-25H,4,11-12H2,1-3H3/t17-/m0/s1.